The van der Waals surface area contributed by atoms with Gasteiger partial charge >= 0.3 is 0 Å². The Balaban J connectivity index is 1.40. The molecule has 0 aliphatic rings. The van der Waals surface area contributed by atoms with Crippen LogP contribution in [0.2, 0.25) is 0 Å². The van der Waals surface area contributed by atoms with Crippen molar-refractivity contribution < 1.29 is 9.63 Å². The van der Waals surface area contributed by atoms with Gasteiger partial charge in [0.25, 0.3) is 5.91 Å². The number of rotatable bonds is 6. The Labute approximate surface area is 163 Å². The van der Waals surface area contributed by atoms with Crippen molar-refractivity contribution in [3.63, 3.8) is 0 Å². The summed E-state index contributed by atoms with van der Waals surface area (Å²) in [5.74, 6) is -0.174. The third-order valence-corrected chi connectivity index (χ3v) is 4.64. The minimum atomic E-state index is -0.174. The fourth-order valence-corrected chi connectivity index (χ4v) is 3.06. The number of hydrogen-bond donors (Lipinski definition) is 0. The molecule has 0 saturated heterocycles. The fraction of sp³-hybridized carbons (Fsp3) is 0.130. The molecule has 1 aromatic heterocycles. The molecule has 0 aliphatic heterocycles. The van der Waals surface area contributed by atoms with Crippen LogP contribution in [-0.2, 0) is 18.0 Å². The summed E-state index contributed by atoms with van der Waals surface area (Å²) >= 11 is 0. The first-order chi connectivity index (χ1) is 13.7. The topological polar surface area (TPSA) is 47.4 Å². The van der Waals surface area contributed by atoms with Gasteiger partial charge in [-0.1, -0.05) is 60.7 Å². The molecule has 0 radical (unpaired) electrons. The molecule has 0 aliphatic carbocycles. The van der Waals surface area contributed by atoms with E-state index in [9.17, 15) is 4.79 Å². The molecule has 1 heterocycles. The van der Waals surface area contributed by atoms with Crippen molar-refractivity contribution >= 4 is 16.8 Å². The van der Waals surface area contributed by atoms with Crippen molar-refractivity contribution in [3.05, 3.63) is 102 Å². The van der Waals surface area contributed by atoms with E-state index in [0.29, 0.717) is 18.7 Å². The van der Waals surface area contributed by atoms with Gasteiger partial charge in [-0.3, -0.25) is 14.3 Å². The lowest BCUT2D eigenvalue weighted by atomic mass is 10.1. The van der Waals surface area contributed by atoms with Crippen LogP contribution in [0.25, 0.3) is 10.9 Å². The number of para-hydroxylation sites is 1. The Kier molecular flexibility index (Phi) is 5.17. The van der Waals surface area contributed by atoms with E-state index in [2.05, 4.69) is 11.2 Å². The van der Waals surface area contributed by atoms with Gasteiger partial charge in [0.05, 0.1) is 18.3 Å². The second-order valence-corrected chi connectivity index (χ2v) is 6.62. The van der Waals surface area contributed by atoms with E-state index in [1.165, 1.54) is 5.06 Å². The van der Waals surface area contributed by atoms with Crippen molar-refractivity contribution in [3.8, 4) is 0 Å². The summed E-state index contributed by atoms with van der Waals surface area (Å²) in [4.78, 5) is 18.1. The van der Waals surface area contributed by atoms with Crippen molar-refractivity contribution in [1.82, 2.24) is 14.8 Å². The number of carbonyl (C=O) groups excluding carboxylic acids is 1. The highest BCUT2D eigenvalue weighted by atomic mass is 16.7. The lowest BCUT2D eigenvalue weighted by Crippen LogP contribution is -2.26. The zero-order valence-electron chi connectivity index (χ0n) is 15.7. The molecule has 3 aromatic carbocycles. The Morgan fingerprint density at radius 3 is 2.43 bits per heavy atom. The predicted molar refractivity (Wildman–Crippen MR) is 109 cm³/mol. The Morgan fingerprint density at radius 1 is 0.929 bits per heavy atom. The first kappa shape index (κ1) is 17.9. The van der Waals surface area contributed by atoms with Crippen LogP contribution in [0, 0.1) is 0 Å². The molecule has 140 valence electrons. The lowest BCUT2D eigenvalue weighted by molar-refractivity contribution is -0.116. The van der Waals surface area contributed by atoms with E-state index in [-0.39, 0.29) is 5.91 Å². The van der Waals surface area contributed by atoms with Gasteiger partial charge < -0.3 is 0 Å². The second kappa shape index (κ2) is 8.06. The molecule has 0 unspecified atom stereocenters. The molecule has 0 spiro atoms. The van der Waals surface area contributed by atoms with Crippen molar-refractivity contribution in [2.45, 2.75) is 13.2 Å². The molecule has 0 saturated carbocycles. The minimum Gasteiger partial charge on any atom is -0.267 e. The summed E-state index contributed by atoms with van der Waals surface area (Å²) in [6, 6.07) is 25.4. The standard InChI is InChI=1S/C23H21N3O2/c1-25(28-17-19-7-3-2-4-8-19)23(27)20-13-11-18(12-14-20)16-26-22-10-6-5-9-21(22)15-24-26/h2-15H,16-17H2,1H3. The highest BCUT2D eigenvalue weighted by Gasteiger charge is 2.13. The van der Waals surface area contributed by atoms with E-state index in [1.807, 2.05) is 83.7 Å². The lowest BCUT2D eigenvalue weighted by Gasteiger charge is -2.17. The van der Waals surface area contributed by atoms with Gasteiger partial charge in [-0.05, 0) is 29.3 Å². The highest BCUT2D eigenvalue weighted by molar-refractivity contribution is 5.93. The number of hydrogen-bond acceptors (Lipinski definition) is 3. The zero-order valence-corrected chi connectivity index (χ0v) is 15.7. The summed E-state index contributed by atoms with van der Waals surface area (Å²) < 4.78 is 1.96. The summed E-state index contributed by atoms with van der Waals surface area (Å²) in [5.41, 5.74) is 3.78. The number of benzene rings is 3. The molecular weight excluding hydrogens is 350 g/mol. The Bertz CT molecular complexity index is 1070. The molecule has 0 N–H and O–H groups in total. The predicted octanol–water partition coefficient (Wildman–Crippen LogP) is 4.29. The van der Waals surface area contributed by atoms with Crippen LogP contribution in [0.4, 0.5) is 0 Å². The maximum absolute atomic E-state index is 12.6. The number of hydroxylamine groups is 2. The van der Waals surface area contributed by atoms with Crippen molar-refractivity contribution in [1.29, 1.82) is 0 Å². The second-order valence-electron chi connectivity index (χ2n) is 6.62. The van der Waals surface area contributed by atoms with E-state index < -0.39 is 0 Å². The van der Waals surface area contributed by atoms with Crippen molar-refractivity contribution in [2.75, 3.05) is 7.05 Å². The number of amides is 1. The molecule has 0 bridgehead atoms. The summed E-state index contributed by atoms with van der Waals surface area (Å²) in [6.45, 7) is 1.01. The minimum absolute atomic E-state index is 0.174. The van der Waals surface area contributed by atoms with Crippen LogP contribution < -0.4 is 0 Å². The van der Waals surface area contributed by atoms with E-state index in [0.717, 1.165) is 22.0 Å². The summed E-state index contributed by atoms with van der Waals surface area (Å²) in [6.07, 6.45) is 1.87. The molecule has 5 heteroatoms. The number of carbonyl (C=O) groups is 1. The van der Waals surface area contributed by atoms with E-state index in [1.54, 1.807) is 7.05 Å². The normalized spacial score (nSPS) is 10.9. The molecule has 1 amide bonds. The van der Waals surface area contributed by atoms with Crippen LogP contribution in [0.15, 0.2) is 85.1 Å². The molecule has 0 atom stereocenters. The molecule has 4 aromatic rings. The Hall–Kier alpha value is -3.44. The third kappa shape index (κ3) is 3.94. The van der Waals surface area contributed by atoms with Crippen molar-refractivity contribution in [2.24, 2.45) is 0 Å². The summed E-state index contributed by atoms with van der Waals surface area (Å²) in [5, 5.41) is 6.85. The van der Waals surface area contributed by atoms with E-state index >= 15 is 0 Å². The van der Waals surface area contributed by atoms with Crippen LogP contribution in [0.1, 0.15) is 21.5 Å². The van der Waals surface area contributed by atoms with Gasteiger partial charge in [-0.2, -0.15) is 5.10 Å². The largest absolute Gasteiger partial charge is 0.277 e. The van der Waals surface area contributed by atoms with Gasteiger partial charge in [-0.25, -0.2) is 5.06 Å². The molecule has 0 fully saturated rings. The highest BCUT2D eigenvalue weighted by Crippen LogP contribution is 2.15. The first-order valence-corrected chi connectivity index (χ1v) is 9.15. The molecule has 4 rings (SSSR count). The maximum Gasteiger partial charge on any atom is 0.277 e. The average molecular weight is 371 g/mol. The molecular formula is C23H21N3O2. The SMILES string of the molecule is CN(OCc1ccccc1)C(=O)c1ccc(Cn2ncc3ccccc32)cc1. The van der Waals surface area contributed by atoms with Gasteiger partial charge in [0.2, 0.25) is 0 Å². The first-order valence-electron chi connectivity index (χ1n) is 9.15. The van der Waals surface area contributed by atoms with Gasteiger partial charge in [-0.15, -0.1) is 0 Å². The van der Waals surface area contributed by atoms with E-state index in [4.69, 9.17) is 4.84 Å². The van der Waals surface area contributed by atoms with Gasteiger partial charge in [0.15, 0.2) is 0 Å². The Morgan fingerprint density at radius 2 is 1.64 bits per heavy atom. The number of aromatic nitrogens is 2. The quantitative estimate of drug-likeness (QED) is 0.475. The van der Waals surface area contributed by atoms with Gasteiger partial charge in [0, 0.05) is 18.0 Å². The average Bonchev–Trinajstić information content (AvgIpc) is 3.16. The van der Waals surface area contributed by atoms with Crippen LogP contribution in [0.5, 0.6) is 0 Å². The monoisotopic (exact) mass is 371 g/mol. The smallest absolute Gasteiger partial charge is 0.267 e. The zero-order chi connectivity index (χ0) is 19.3. The summed E-state index contributed by atoms with van der Waals surface area (Å²) in [7, 11) is 1.63. The molecule has 28 heavy (non-hydrogen) atoms. The fourth-order valence-electron chi connectivity index (χ4n) is 3.06. The van der Waals surface area contributed by atoms with Crippen LogP contribution >= 0.6 is 0 Å². The third-order valence-electron chi connectivity index (χ3n) is 4.64. The van der Waals surface area contributed by atoms with Crippen LogP contribution in [-0.4, -0.2) is 27.8 Å². The number of nitrogens with zero attached hydrogens (tertiary/aromatic N) is 3. The number of fused-ring (bicyclic) bond motifs is 1. The van der Waals surface area contributed by atoms with Crippen LogP contribution in [0.3, 0.4) is 0 Å². The van der Waals surface area contributed by atoms with Gasteiger partial charge in [0.1, 0.15) is 6.61 Å². The maximum atomic E-state index is 12.6. The molecule has 5 nitrogen and oxygen atoms in total.